The normalized spacial score (nSPS) is 10.2. The van der Waals surface area contributed by atoms with Crippen molar-refractivity contribution in [3.63, 3.8) is 0 Å². The molecule has 0 unspecified atom stereocenters. The van der Waals surface area contributed by atoms with E-state index in [-0.39, 0.29) is 17.4 Å². The number of hydrogen-bond donors (Lipinski definition) is 0. The molecule has 0 aliphatic rings. The molecule has 0 heterocycles. The van der Waals surface area contributed by atoms with Gasteiger partial charge in [0.25, 0.3) is 6.47 Å². The maximum atomic E-state index is 12.2. The van der Waals surface area contributed by atoms with Crippen LogP contribution in [0.4, 0.5) is 4.79 Å². The van der Waals surface area contributed by atoms with E-state index >= 15 is 0 Å². The second kappa shape index (κ2) is 8.66. The number of carbonyl (C=O) groups is 3. The molecule has 0 radical (unpaired) electrons. The molecule has 0 aliphatic carbocycles. The summed E-state index contributed by atoms with van der Waals surface area (Å²) >= 11 is 0. The Labute approximate surface area is 150 Å². The second-order valence-electron chi connectivity index (χ2n) is 5.57. The number of carbonyl (C=O) groups excluding carboxylic acids is 3. The maximum absolute atomic E-state index is 12.2. The van der Waals surface area contributed by atoms with Crippen molar-refractivity contribution in [2.75, 3.05) is 0 Å². The lowest BCUT2D eigenvalue weighted by molar-refractivity contribution is -0.120. The molecule has 2 aromatic rings. The third-order valence-corrected chi connectivity index (χ3v) is 3.16. The van der Waals surface area contributed by atoms with E-state index in [2.05, 4.69) is 0 Å². The minimum atomic E-state index is -0.816. The molecule has 0 bridgehead atoms. The fourth-order valence-electron chi connectivity index (χ4n) is 2.00. The first-order valence-electron chi connectivity index (χ1n) is 7.80. The van der Waals surface area contributed by atoms with Gasteiger partial charge in [-0.05, 0) is 68.8 Å². The molecule has 0 aromatic heterocycles. The summed E-state index contributed by atoms with van der Waals surface area (Å²) in [6.45, 7) is 5.46. The van der Waals surface area contributed by atoms with Gasteiger partial charge in [0.1, 0.15) is 17.2 Å². The average Bonchev–Trinajstić information content (AvgIpc) is 2.57. The summed E-state index contributed by atoms with van der Waals surface area (Å²) < 4.78 is 19.9. The van der Waals surface area contributed by atoms with Gasteiger partial charge in [-0.1, -0.05) is 0 Å². The number of esters is 1. The highest BCUT2D eigenvalue weighted by Crippen LogP contribution is 2.24. The Bertz CT molecular complexity index is 794. The minimum absolute atomic E-state index is 0.249. The van der Waals surface area contributed by atoms with Gasteiger partial charge in [0.05, 0.1) is 11.7 Å². The fourth-order valence-corrected chi connectivity index (χ4v) is 2.00. The molecule has 7 nitrogen and oxygen atoms in total. The highest BCUT2D eigenvalue weighted by atomic mass is 16.7. The maximum Gasteiger partial charge on any atom is 0.514 e. The molecule has 136 valence electrons. The molecule has 0 N–H and O–H groups in total. The highest BCUT2D eigenvalue weighted by Gasteiger charge is 2.13. The Balaban J connectivity index is 2.01. The van der Waals surface area contributed by atoms with Crippen LogP contribution >= 0.6 is 0 Å². The van der Waals surface area contributed by atoms with Crippen LogP contribution in [-0.2, 0) is 9.53 Å². The molecule has 0 aliphatic heterocycles. The molecule has 0 spiro atoms. The van der Waals surface area contributed by atoms with Crippen LogP contribution in [0.1, 0.15) is 29.8 Å². The van der Waals surface area contributed by atoms with E-state index in [9.17, 15) is 14.4 Å². The van der Waals surface area contributed by atoms with Gasteiger partial charge in [-0.2, -0.15) is 0 Å². The van der Waals surface area contributed by atoms with Crippen molar-refractivity contribution in [1.82, 2.24) is 0 Å². The number of aryl methyl sites for hydroxylation is 1. The van der Waals surface area contributed by atoms with Gasteiger partial charge < -0.3 is 18.9 Å². The lowest BCUT2D eigenvalue weighted by atomic mass is 10.2. The van der Waals surface area contributed by atoms with Crippen molar-refractivity contribution >= 4 is 18.6 Å². The van der Waals surface area contributed by atoms with Gasteiger partial charge >= 0.3 is 12.1 Å². The molecule has 0 saturated heterocycles. The van der Waals surface area contributed by atoms with Crippen LogP contribution in [0.25, 0.3) is 0 Å². The Morgan fingerprint density at radius 2 is 1.62 bits per heavy atom. The summed E-state index contributed by atoms with van der Waals surface area (Å²) in [5, 5.41) is 0. The Morgan fingerprint density at radius 1 is 0.962 bits per heavy atom. The summed E-state index contributed by atoms with van der Waals surface area (Å²) in [4.78, 5) is 34.0. The van der Waals surface area contributed by atoms with Gasteiger partial charge in [0, 0.05) is 0 Å². The SMILES string of the molecule is Cc1cc(OC=O)ccc1OC(=O)c1ccc(OC(=O)OC(C)C)cc1. The van der Waals surface area contributed by atoms with E-state index < -0.39 is 12.1 Å². The zero-order chi connectivity index (χ0) is 19.1. The topological polar surface area (TPSA) is 88.1 Å². The predicted molar refractivity (Wildman–Crippen MR) is 91.5 cm³/mol. The Hall–Kier alpha value is -3.35. The van der Waals surface area contributed by atoms with E-state index in [0.717, 1.165) is 0 Å². The van der Waals surface area contributed by atoms with Crippen LogP contribution in [0.2, 0.25) is 0 Å². The van der Waals surface area contributed by atoms with Crippen LogP contribution in [0.3, 0.4) is 0 Å². The zero-order valence-corrected chi connectivity index (χ0v) is 14.6. The first-order chi connectivity index (χ1) is 12.4. The first-order valence-corrected chi connectivity index (χ1v) is 7.80. The van der Waals surface area contributed by atoms with Crippen molar-refractivity contribution in [2.45, 2.75) is 26.9 Å². The number of ether oxygens (including phenoxy) is 4. The number of hydrogen-bond acceptors (Lipinski definition) is 7. The molecule has 0 atom stereocenters. The fraction of sp³-hybridized carbons (Fsp3) is 0.211. The number of benzene rings is 2. The first kappa shape index (κ1) is 19.0. The van der Waals surface area contributed by atoms with Crippen LogP contribution in [0.5, 0.6) is 17.2 Å². The standard InChI is InChI=1S/C19H18O7/c1-12(2)24-19(22)25-15-6-4-14(5-7-15)18(21)26-17-9-8-16(23-11-20)10-13(17)3/h4-12H,1-3H3. The third kappa shape index (κ3) is 5.34. The van der Waals surface area contributed by atoms with E-state index in [4.69, 9.17) is 18.9 Å². The predicted octanol–water partition coefficient (Wildman–Crippen LogP) is 3.67. The monoisotopic (exact) mass is 358 g/mol. The van der Waals surface area contributed by atoms with E-state index in [0.29, 0.717) is 23.5 Å². The number of rotatable bonds is 6. The van der Waals surface area contributed by atoms with Gasteiger partial charge in [-0.15, -0.1) is 0 Å². The lowest BCUT2D eigenvalue weighted by Crippen LogP contribution is -2.15. The van der Waals surface area contributed by atoms with Crippen LogP contribution in [0, 0.1) is 6.92 Å². The van der Waals surface area contributed by atoms with Crippen molar-refractivity contribution in [3.8, 4) is 17.2 Å². The van der Waals surface area contributed by atoms with E-state index in [1.165, 1.54) is 36.4 Å². The zero-order valence-electron chi connectivity index (χ0n) is 14.6. The van der Waals surface area contributed by atoms with Crippen LogP contribution in [-0.4, -0.2) is 24.7 Å². The van der Waals surface area contributed by atoms with Gasteiger partial charge in [0.15, 0.2) is 0 Å². The van der Waals surface area contributed by atoms with Crippen molar-refractivity contribution in [3.05, 3.63) is 53.6 Å². The second-order valence-corrected chi connectivity index (χ2v) is 5.57. The molecule has 26 heavy (non-hydrogen) atoms. The van der Waals surface area contributed by atoms with E-state index in [1.54, 1.807) is 26.8 Å². The van der Waals surface area contributed by atoms with Crippen LogP contribution < -0.4 is 14.2 Å². The smallest absolute Gasteiger partial charge is 0.431 e. The van der Waals surface area contributed by atoms with Crippen LogP contribution in [0.15, 0.2) is 42.5 Å². The molecule has 7 heteroatoms. The molecule has 2 rings (SSSR count). The summed E-state index contributed by atoms with van der Waals surface area (Å²) in [5.74, 6) is 0.369. The highest BCUT2D eigenvalue weighted by molar-refractivity contribution is 5.91. The third-order valence-electron chi connectivity index (χ3n) is 3.16. The Kier molecular flexibility index (Phi) is 6.32. The van der Waals surface area contributed by atoms with Crippen molar-refractivity contribution in [1.29, 1.82) is 0 Å². The molecule has 0 fully saturated rings. The molecule has 0 saturated carbocycles. The van der Waals surface area contributed by atoms with Gasteiger partial charge in [0.2, 0.25) is 0 Å². The molecule has 2 aromatic carbocycles. The summed E-state index contributed by atoms with van der Waals surface area (Å²) in [6.07, 6.45) is -1.10. The van der Waals surface area contributed by atoms with Crippen molar-refractivity contribution in [2.24, 2.45) is 0 Å². The largest absolute Gasteiger partial charge is 0.514 e. The molecular weight excluding hydrogens is 340 g/mol. The summed E-state index contributed by atoms with van der Waals surface area (Å²) in [5.41, 5.74) is 0.913. The quantitative estimate of drug-likeness (QED) is 0.337. The minimum Gasteiger partial charge on any atom is -0.431 e. The van der Waals surface area contributed by atoms with Gasteiger partial charge in [-0.25, -0.2) is 9.59 Å². The lowest BCUT2D eigenvalue weighted by Gasteiger charge is -2.10. The molecular formula is C19H18O7. The Morgan fingerprint density at radius 3 is 2.19 bits per heavy atom. The average molecular weight is 358 g/mol. The summed E-state index contributed by atoms with van der Waals surface area (Å²) in [7, 11) is 0. The van der Waals surface area contributed by atoms with Crippen molar-refractivity contribution < 1.29 is 33.3 Å². The van der Waals surface area contributed by atoms with E-state index in [1.807, 2.05) is 0 Å². The summed E-state index contributed by atoms with van der Waals surface area (Å²) in [6, 6.07) is 10.5. The molecule has 0 amide bonds. The van der Waals surface area contributed by atoms with Gasteiger partial charge in [-0.3, -0.25) is 4.79 Å².